The fraction of sp³-hybridized carbons (Fsp3) is 0. The molecular weight excluding hydrogens is 663 g/mol. The summed E-state index contributed by atoms with van der Waals surface area (Å²) in [6, 6.07) is 81.5. The summed E-state index contributed by atoms with van der Waals surface area (Å²) in [7, 11) is 0. The first-order valence-electron chi connectivity index (χ1n) is 18.9. The smallest absolute Gasteiger partial charge is 0.0540 e. The average Bonchev–Trinajstić information content (AvgIpc) is 3.27. The summed E-state index contributed by atoms with van der Waals surface area (Å²) in [5, 5.41) is 7.55. The van der Waals surface area contributed by atoms with Crippen LogP contribution in [0.5, 0.6) is 0 Å². The van der Waals surface area contributed by atoms with Gasteiger partial charge in [0, 0.05) is 16.9 Å². The van der Waals surface area contributed by atoms with Crippen LogP contribution in [0, 0.1) is 0 Å². The van der Waals surface area contributed by atoms with Gasteiger partial charge in [-0.05, 0) is 120 Å². The van der Waals surface area contributed by atoms with E-state index in [9.17, 15) is 0 Å². The van der Waals surface area contributed by atoms with Crippen molar-refractivity contribution in [1.29, 1.82) is 0 Å². The van der Waals surface area contributed by atoms with Gasteiger partial charge in [0.1, 0.15) is 0 Å². The van der Waals surface area contributed by atoms with Crippen molar-refractivity contribution in [2.24, 2.45) is 0 Å². The van der Waals surface area contributed by atoms with Gasteiger partial charge in [0.15, 0.2) is 0 Å². The lowest BCUT2D eigenvalue weighted by Gasteiger charge is -2.29. The summed E-state index contributed by atoms with van der Waals surface area (Å²) < 4.78 is 0. The molecule has 0 heterocycles. The summed E-state index contributed by atoms with van der Waals surface area (Å²) >= 11 is 0. The molecule has 10 aromatic rings. The Morgan fingerprint density at radius 1 is 0.236 bits per heavy atom. The molecule has 0 bridgehead atoms. The molecule has 1 heteroatoms. The molecule has 0 aliphatic rings. The third-order valence-corrected chi connectivity index (χ3v) is 10.8. The SMILES string of the molecule is c1ccc(-c2ccc(N(c3ccc(-c4cc5ccccc5c5ccccc45)cc3)c3cccc(-c4ccc5ccccc5c4)c3)c(-c3ccccc3)c2)cc1. The molecule has 0 aliphatic carbocycles. The maximum absolute atomic E-state index is 2.42. The number of hydrogen-bond donors (Lipinski definition) is 0. The van der Waals surface area contributed by atoms with E-state index < -0.39 is 0 Å². The molecule has 1 nitrogen and oxygen atoms in total. The van der Waals surface area contributed by atoms with E-state index in [1.807, 2.05) is 0 Å². The molecule has 0 atom stereocenters. The predicted octanol–water partition coefficient (Wildman–Crippen LogP) is 15.3. The quantitative estimate of drug-likeness (QED) is 0.150. The zero-order valence-corrected chi connectivity index (χ0v) is 30.3. The van der Waals surface area contributed by atoms with Gasteiger partial charge in [0.2, 0.25) is 0 Å². The van der Waals surface area contributed by atoms with Crippen LogP contribution in [0.2, 0.25) is 0 Å². The van der Waals surface area contributed by atoms with Crippen LogP contribution in [0.25, 0.3) is 76.8 Å². The molecular formula is C54H37N. The van der Waals surface area contributed by atoms with E-state index in [1.165, 1.54) is 76.8 Å². The molecule has 10 aromatic carbocycles. The molecule has 0 aromatic heterocycles. The Kier molecular flexibility index (Phi) is 8.24. The van der Waals surface area contributed by atoms with Crippen molar-refractivity contribution in [3.05, 3.63) is 224 Å². The van der Waals surface area contributed by atoms with Crippen molar-refractivity contribution in [3.8, 4) is 44.5 Å². The molecule has 0 fully saturated rings. The highest BCUT2D eigenvalue weighted by Gasteiger charge is 2.20. The molecule has 0 amide bonds. The van der Waals surface area contributed by atoms with Gasteiger partial charge in [-0.15, -0.1) is 0 Å². The summed E-state index contributed by atoms with van der Waals surface area (Å²) in [4.78, 5) is 2.42. The second-order valence-electron chi connectivity index (χ2n) is 14.1. The third-order valence-electron chi connectivity index (χ3n) is 10.8. The Morgan fingerprint density at radius 3 is 1.56 bits per heavy atom. The lowest BCUT2D eigenvalue weighted by Crippen LogP contribution is -2.11. The summed E-state index contributed by atoms with van der Waals surface area (Å²) in [5.74, 6) is 0. The van der Waals surface area contributed by atoms with Crippen molar-refractivity contribution in [3.63, 3.8) is 0 Å². The van der Waals surface area contributed by atoms with Crippen molar-refractivity contribution < 1.29 is 0 Å². The monoisotopic (exact) mass is 699 g/mol. The fourth-order valence-corrected chi connectivity index (χ4v) is 8.09. The molecule has 55 heavy (non-hydrogen) atoms. The summed E-state index contributed by atoms with van der Waals surface area (Å²) in [6.45, 7) is 0. The summed E-state index contributed by atoms with van der Waals surface area (Å²) in [6.07, 6.45) is 0. The molecule has 0 aliphatic heterocycles. The van der Waals surface area contributed by atoms with Gasteiger partial charge in [-0.25, -0.2) is 0 Å². The number of benzene rings is 10. The van der Waals surface area contributed by atoms with Gasteiger partial charge in [-0.2, -0.15) is 0 Å². The van der Waals surface area contributed by atoms with E-state index in [2.05, 4.69) is 229 Å². The van der Waals surface area contributed by atoms with E-state index in [1.54, 1.807) is 0 Å². The molecule has 10 rings (SSSR count). The number of anilines is 3. The maximum atomic E-state index is 2.42. The van der Waals surface area contributed by atoms with Gasteiger partial charge < -0.3 is 4.90 Å². The first-order valence-corrected chi connectivity index (χ1v) is 18.9. The molecule has 0 spiro atoms. The lowest BCUT2D eigenvalue weighted by atomic mass is 9.93. The second kappa shape index (κ2) is 14.0. The van der Waals surface area contributed by atoms with Crippen LogP contribution in [-0.4, -0.2) is 0 Å². The molecule has 258 valence electrons. The minimum Gasteiger partial charge on any atom is -0.310 e. The van der Waals surface area contributed by atoms with Gasteiger partial charge in [0.25, 0.3) is 0 Å². The molecule has 0 N–H and O–H groups in total. The Balaban J connectivity index is 1.16. The van der Waals surface area contributed by atoms with Gasteiger partial charge in [-0.1, -0.05) is 176 Å². The zero-order valence-electron chi connectivity index (χ0n) is 30.3. The standard InChI is InChI=1S/C54H37N/c1-3-14-38(15-4-1)45-30-33-54(53(36-45)40-17-5-2-6-18-40)55(48-22-13-21-43(35-48)44-27-26-39-16-7-8-19-42(39)34-44)47-31-28-41(29-32-47)52-37-46-20-9-10-23-49(46)50-24-11-12-25-51(50)52/h1-37H. The highest BCUT2D eigenvalue weighted by Crippen LogP contribution is 2.44. The molecule has 0 saturated heterocycles. The molecule has 0 radical (unpaired) electrons. The Labute approximate surface area is 322 Å². The average molecular weight is 700 g/mol. The zero-order chi connectivity index (χ0) is 36.6. The summed E-state index contributed by atoms with van der Waals surface area (Å²) in [5.41, 5.74) is 12.8. The van der Waals surface area contributed by atoms with E-state index in [0.29, 0.717) is 0 Å². The van der Waals surface area contributed by atoms with Crippen LogP contribution >= 0.6 is 0 Å². The predicted molar refractivity (Wildman–Crippen MR) is 235 cm³/mol. The second-order valence-corrected chi connectivity index (χ2v) is 14.1. The number of fused-ring (bicyclic) bond motifs is 4. The van der Waals surface area contributed by atoms with Crippen LogP contribution in [0.4, 0.5) is 17.1 Å². The Bertz CT molecular complexity index is 2960. The molecule has 0 saturated carbocycles. The number of hydrogen-bond acceptors (Lipinski definition) is 1. The molecule has 0 unspecified atom stereocenters. The van der Waals surface area contributed by atoms with Gasteiger partial charge in [-0.3, -0.25) is 0 Å². The number of rotatable bonds is 7. The maximum Gasteiger partial charge on any atom is 0.0540 e. The van der Waals surface area contributed by atoms with E-state index in [4.69, 9.17) is 0 Å². The minimum absolute atomic E-state index is 1.09. The van der Waals surface area contributed by atoms with Crippen molar-refractivity contribution in [2.75, 3.05) is 4.90 Å². The normalized spacial score (nSPS) is 11.3. The van der Waals surface area contributed by atoms with E-state index in [-0.39, 0.29) is 0 Å². The minimum atomic E-state index is 1.09. The third kappa shape index (κ3) is 6.12. The fourth-order valence-electron chi connectivity index (χ4n) is 8.09. The Morgan fingerprint density at radius 2 is 0.782 bits per heavy atom. The van der Waals surface area contributed by atoms with E-state index in [0.717, 1.165) is 17.1 Å². The topological polar surface area (TPSA) is 3.24 Å². The van der Waals surface area contributed by atoms with Gasteiger partial charge >= 0.3 is 0 Å². The van der Waals surface area contributed by atoms with Crippen molar-refractivity contribution in [1.82, 2.24) is 0 Å². The first-order chi connectivity index (χ1) is 27.3. The van der Waals surface area contributed by atoms with Crippen LogP contribution in [-0.2, 0) is 0 Å². The van der Waals surface area contributed by atoms with Gasteiger partial charge in [0.05, 0.1) is 5.69 Å². The van der Waals surface area contributed by atoms with Crippen LogP contribution in [0.1, 0.15) is 0 Å². The number of nitrogens with zero attached hydrogens (tertiary/aromatic N) is 1. The van der Waals surface area contributed by atoms with Crippen LogP contribution < -0.4 is 4.90 Å². The van der Waals surface area contributed by atoms with Crippen LogP contribution in [0.3, 0.4) is 0 Å². The largest absolute Gasteiger partial charge is 0.310 e. The highest BCUT2D eigenvalue weighted by molar-refractivity contribution is 6.13. The van der Waals surface area contributed by atoms with Crippen LogP contribution in [0.15, 0.2) is 224 Å². The lowest BCUT2D eigenvalue weighted by molar-refractivity contribution is 1.28. The van der Waals surface area contributed by atoms with E-state index >= 15 is 0 Å². The highest BCUT2D eigenvalue weighted by atomic mass is 15.1. The van der Waals surface area contributed by atoms with Crippen molar-refractivity contribution >= 4 is 49.4 Å². The Hall–Kier alpha value is -7.22. The van der Waals surface area contributed by atoms with Crippen molar-refractivity contribution in [2.45, 2.75) is 0 Å². The first kappa shape index (κ1) is 32.4.